The number of rotatable bonds is 9. The molecule has 24 heavy (non-hydrogen) atoms. The van der Waals surface area contributed by atoms with Crippen LogP contribution < -0.4 is 10.6 Å². The second kappa shape index (κ2) is 12.4. The zero-order chi connectivity index (χ0) is 17.1. The van der Waals surface area contributed by atoms with Crippen LogP contribution in [0.2, 0.25) is 0 Å². The Kier molecular flexibility index (Phi) is 11.9. The molecular formula is C17H30FIN4O. The molecule has 0 aliphatic rings. The molecule has 1 aromatic rings. The largest absolute Gasteiger partial charge is 0.388 e. The van der Waals surface area contributed by atoms with Gasteiger partial charge in [0.2, 0.25) is 0 Å². The van der Waals surface area contributed by atoms with E-state index < -0.39 is 5.60 Å². The van der Waals surface area contributed by atoms with Crippen molar-refractivity contribution in [2.75, 3.05) is 13.1 Å². The summed E-state index contributed by atoms with van der Waals surface area (Å²) in [6.07, 6.45) is 4.87. The van der Waals surface area contributed by atoms with Crippen LogP contribution in [0.3, 0.4) is 0 Å². The first kappa shape index (κ1) is 23.0. The molecule has 3 N–H and O–H groups in total. The third kappa shape index (κ3) is 8.23. The molecule has 0 saturated heterocycles. The monoisotopic (exact) mass is 452 g/mol. The summed E-state index contributed by atoms with van der Waals surface area (Å²) in [5.41, 5.74) is -0.433. The number of halogens is 2. The molecule has 0 atom stereocenters. The molecule has 0 bridgehead atoms. The van der Waals surface area contributed by atoms with Gasteiger partial charge in [0.25, 0.3) is 0 Å². The summed E-state index contributed by atoms with van der Waals surface area (Å²) in [4.78, 5) is 8.34. The Bertz CT molecular complexity index is 493. The topological polar surface area (TPSA) is 69.5 Å². The lowest BCUT2D eigenvalue weighted by atomic mass is 9.93. The summed E-state index contributed by atoms with van der Waals surface area (Å²) in [7, 11) is 0. The summed E-state index contributed by atoms with van der Waals surface area (Å²) >= 11 is 0. The average Bonchev–Trinajstić information content (AvgIpc) is 2.52. The van der Waals surface area contributed by atoms with Gasteiger partial charge < -0.3 is 15.7 Å². The summed E-state index contributed by atoms with van der Waals surface area (Å²) < 4.78 is 13.6. The molecule has 1 rings (SSSR count). The van der Waals surface area contributed by atoms with E-state index in [0.29, 0.717) is 24.7 Å². The maximum atomic E-state index is 13.6. The Morgan fingerprint density at radius 2 is 1.92 bits per heavy atom. The number of aliphatic hydroxyl groups is 1. The molecule has 0 unspecified atom stereocenters. The van der Waals surface area contributed by atoms with Gasteiger partial charge in [-0.1, -0.05) is 26.7 Å². The van der Waals surface area contributed by atoms with E-state index in [2.05, 4.69) is 34.5 Å². The van der Waals surface area contributed by atoms with Crippen molar-refractivity contribution in [3.8, 4) is 0 Å². The molecule has 0 aliphatic carbocycles. The number of guanidine groups is 1. The fourth-order valence-electron chi connectivity index (χ4n) is 2.51. The van der Waals surface area contributed by atoms with Crippen LogP contribution >= 0.6 is 24.0 Å². The third-order valence-electron chi connectivity index (χ3n) is 3.58. The Labute approximate surface area is 161 Å². The van der Waals surface area contributed by atoms with Gasteiger partial charge in [0.15, 0.2) is 5.96 Å². The lowest BCUT2D eigenvalue weighted by Gasteiger charge is -2.28. The molecule has 0 amide bonds. The van der Waals surface area contributed by atoms with Crippen LogP contribution in [0.15, 0.2) is 23.3 Å². The molecule has 0 saturated carbocycles. The van der Waals surface area contributed by atoms with E-state index in [4.69, 9.17) is 0 Å². The number of pyridine rings is 1. The van der Waals surface area contributed by atoms with Crippen LogP contribution in [0, 0.1) is 5.82 Å². The lowest BCUT2D eigenvalue weighted by Crippen LogP contribution is -2.47. The predicted octanol–water partition coefficient (Wildman–Crippen LogP) is 3.23. The zero-order valence-electron chi connectivity index (χ0n) is 14.8. The van der Waals surface area contributed by atoms with Crippen molar-refractivity contribution >= 4 is 29.9 Å². The quantitative estimate of drug-likeness (QED) is 0.306. The van der Waals surface area contributed by atoms with Gasteiger partial charge in [-0.3, -0.25) is 4.98 Å². The maximum absolute atomic E-state index is 13.6. The minimum absolute atomic E-state index is 0. The van der Waals surface area contributed by atoms with Gasteiger partial charge in [-0.05, 0) is 31.9 Å². The van der Waals surface area contributed by atoms with Crippen molar-refractivity contribution in [3.63, 3.8) is 0 Å². The summed E-state index contributed by atoms with van der Waals surface area (Å²) in [5.74, 6) is 0.198. The van der Waals surface area contributed by atoms with E-state index in [-0.39, 0.29) is 36.3 Å². The molecule has 0 aromatic carbocycles. The molecule has 0 aliphatic heterocycles. The SMILES string of the molecule is CCCC(O)(CCC)CNC(=NCc1ncccc1F)NCC.I. The average molecular weight is 452 g/mol. The summed E-state index contributed by atoms with van der Waals surface area (Å²) in [6.45, 7) is 7.35. The highest BCUT2D eigenvalue weighted by Gasteiger charge is 2.24. The van der Waals surface area contributed by atoms with Gasteiger partial charge in [-0.25, -0.2) is 9.38 Å². The molecule has 7 heteroatoms. The Balaban J connectivity index is 0.00000529. The summed E-state index contributed by atoms with van der Waals surface area (Å²) in [6, 6.07) is 2.93. The first-order valence-electron chi connectivity index (χ1n) is 8.38. The van der Waals surface area contributed by atoms with Crippen molar-refractivity contribution in [1.82, 2.24) is 15.6 Å². The van der Waals surface area contributed by atoms with Crippen molar-refractivity contribution in [2.45, 2.75) is 58.6 Å². The van der Waals surface area contributed by atoms with Crippen LogP contribution in [0.4, 0.5) is 4.39 Å². The number of hydrogen-bond donors (Lipinski definition) is 3. The second-order valence-electron chi connectivity index (χ2n) is 5.70. The number of nitrogens with one attached hydrogen (secondary N) is 2. The smallest absolute Gasteiger partial charge is 0.191 e. The molecule has 5 nitrogen and oxygen atoms in total. The van der Waals surface area contributed by atoms with Crippen molar-refractivity contribution in [1.29, 1.82) is 0 Å². The van der Waals surface area contributed by atoms with Crippen LogP contribution in [-0.4, -0.2) is 34.7 Å². The van der Waals surface area contributed by atoms with E-state index in [1.54, 1.807) is 12.3 Å². The van der Waals surface area contributed by atoms with Gasteiger partial charge in [0.1, 0.15) is 5.82 Å². The van der Waals surface area contributed by atoms with Gasteiger partial charge in [0, 0.05) is 19.3 Å². The lowest BCUT2D eigenvalue weighted by molar-refractivity contribution is 0.0257. The third-order valence-corrected chi connectivity index (χ3v) is 3.58. The highest BCUT2D eigenvalue weighted by atomic mass is 127. The van der Waals surface area contributed by atoms with Crippen LogP contribution in [0.25, 0.3) is 0 Å². The Hall–Kier alpha value is -0.960. The zero-order valence-corrected chi connectivity index (χ0v) is 17.1. The van der Waals surface area contributed by atoms with E-state index >= 15 is 0 Å². The Morgan fingerprint density at radius 1 is 1.25 bits per heavy atom. The Morgan fingerprint density at radius 3 is 2.46 bits per heavy atom. The van der Waals surface area contributed by atoms with E-state index in [0.717, 1.165) is 25.7 Å². The second-order valence-corrected chi connectivity index (χ2v) is 5.70. The maximum Gasteiger partial charge on any atom is 0.191 e. The fraction of sp³-hybridized carbons (Fsp3) is 0.647. The molecule has 138 valence electrons. The highest BCUT2D eigenvalue weighted by Crippen LogP contribution is 2.18. The molecule has 1 aromatic heterocycles. The highest BCUT2D eigenvalue weighted by molar-refractivity contribution is 14.0. The predicted molar refractivity (Wildman–Crippen MR) is 107 cm³/mol. The van der Waals surface area contributed by atoms with Gasteiger partial charge in [-0.2, -0.15) is 0 Å². The molecule has 0 spiro atoms. The standard InChI is InChI=1S/C17H29FN4O.HI/c1-4-9-17(23,10-5-2)13-22-16(19-6-3)21-12-15-14(18)8-7-11-20-15;/h7-8,11,23H,4-6,9-10,12-13H2,1-3H3,(H2,19,21,22);1H. The van der Waals surface area contributed by atoms with Crippen LogP contribution in [0.1, 0.15) is 52.1 Å². The minimum atomic E-state index is -0.740. The van der Waals surface area contributed by atoms with Gasteiger partial charge in [-0.15, -0.1) is 24.0 Å². The number of aromatic nitrogens is 1. The normalized spacial score (nSPS) is 11.8. The van der Waals surface area contributed by atoms with E-state index in [1.807, 2.05) is 6.92 Å². The number of aliphatic imine (C=N–C) groups is 1. The first-order chi connectivity index (χ1) is 11.0. The van der Waals surface area contributed by atoms with Gasteiger partial charge in [0.05, 0.1) is 17.8 Å². The number of nitrogens with zero attached hydrogens (tertiary/aromatic N) is 2. The van der Waals surface area contributed by atoms with Crippen molar-refractivity contribution in [2.24, 2.45) is 4.99 Å². The first-order valence-corrected chi connectivity index (χ1v) is 8.38. The summed E-state index contributed by atoms with van der Waals surface area (Å²) in [5, 5.41) is 16.9. The fourth-order valence-corrected chi connectivity index (χ4v) is 2.51. The van der Waals surface area contributed by atoms with Crippen LogP contribution in [0.5, 0.6) is 0 Å². The molecular weight excluding hydrogens is 422 g/mol. The molecule has 0 fully saturated rings. The van der Waals surface area contributed by atoms with Crippen molar-refractivity contribution in [3.05, 3.63) is 29.8 Å². The molecule has 1 heterocycles. The van der Waals surface area contributed by atoms with Crippen LogP contribution in [-0.2, 0) is 6.54 Å². The van der Waals surface area contributed by atoms with Gasteiger partial charge >= 0.3 is 0 Å². The van der Waals surface area contributed by atoms with E-state index in [1.165, 1.54) is 6.07 Å². The minimum Gasteiger partial charge on any atom is -0.388 e. The van der Waals surface area contributed by atoms with Crippen molar-refractivity contribution < 1.29 is 9.50 Å². The molecule has 0 radical (unpaired) electrons. The number of hydrogen-bond acceptors (Lipinski definition) is 3. The van der Waals surface area contributed by atoms with E-state index in [9.17, 15) is 9.50 Å².